The van der Waals surface area contributed by atoms with Crippen molar-refractivity contribution in [2.24, 2.45) is 0 Å². The first-order valence-corrected chi connectivity index (χ1v) is 10.3. The Bertz CT molecular complexity index is 838. The molecule has 0 saturated heterocycles. The summed E-state index contributed by atoms with van der Waals surface area (Å²) in [5.41, 5.74) is 1.78. The standard InChI is InChI=1S/C18H25N2O6P/c1-23-17-10-14-15(8-9-19-16(14)11-18(17)24-2)20-12-4-6-13(7-5-12)26-27(21,22)25-3/h8-13H,4-7H2,1-3H3,(H,19,20)(H,21,22). The Labute approximate surface area is 158 Å². The second-order valence-corrected chi connectivity index (χ2v) is 7.97. The molecule has 1 saturated carbocycles. The zero-order valence-corrected chi connectivity index (χ0v) is 16.6. The molecule has 1 aromatic carbocycles. The van der Waals surface area contributed by atoms with Gasteiger partial charge < -0.3 is 19.7 Å². The van der Waals surface area contributed by atoms with Gasteiger partial charge in [0, 0.05) is 36.5 Å². The Morgan fingerprint density at radius 1 is 1.11 bits per heavy atom. The van der Waals surface area contributed by atoms with E-state index in [1.165, 1.54) is 7.11 Å². The maximum Gasteiger partial charge on any atom is 0.472 e. The summed E-state index contributed by atoms with van der Waals surface area (Å²) in [7, 11) is 0.444. The molecule has 9 heteroatoms. The van der Waals surface area contributed by atoms with Crippen LogP contribution in [0.25, 0.3) is 10.9 Å². The monoisotopic (exact) mass is 396 g/mol. The largest absolute Gasteiger partial charge is 0.493 e. The van der Waals surface area contributed by atoms with Gasteiger partial charge in [-0.3, -0.25) is 14.0 Å². The lowest BCUT2D eigenvalue weighted by molar-refractivity contribution is 0.0911. The van der Waals surface area contributed by atoms with E-state index in [4.69, 9.17) is 14.0 Å². The topological polar surface area (TPSA) is 99.1 Å². The van der Waals surface area contributed by atoms with Gasteiger partial charge in [-0.05, 0) is 37.8 Å². The second kappa shape index (κ2) is 8.44. The van der Waals surface area contributed by atoms with Crippen LogP contribution >= 0.6 is 7.82 Å². The number of ether oxygens (including phenoxy) is 2. The van der Waals surface area contributed by atoms with Crippen molar-refractivity contribution in [1.82, 2.24) is 4.98 Å². The molecule has 1 unspecified atom stereocenters. The van der Waals surface area contributed by atoms with Crippen LogP contribution in [0.1, 0.15) is 25.7 Å². The third-order valence-electron chi connectivity index (χ3n) is 4.79. The van der Waals surface area contributed by atoms with E-state index in [2.05, 4.69) is 14.8 Å². The number of hydrogen-bond donors (Lipinski definition) is 2. The van der Waals surface area contributed by atoms with Crippen LogP contribution in [0.3, 0.4) is 0 Å². The highest BCUT2D eigenvalue weighted by Gasteiger charge is 2.29. The van der Waals surface area contributed by atoms with Crippen LogP contribution in [0.4, 0.5) is 5.69 Å². The minimum absolute atomic E-state index is 0.240. The van der Waals surface area contributed by atoms with Gasteiger partial charge in [0.05, 0.1) is 25.8 Å². The fourth-order valence-electron chi connectivity index (χ4n) is 3.36. The Kier molecular flexibility index (Phi) is 6.22. The van der Waals surface area contributed by atoms with E-state index in [1.807, 2.05) is 18.2 Å². The van der Waals surface area contributed by atoms with E-state index in [1.54, 1.807) is 20.4 Å². The zero-order chi connectivity index (χ0) is 19.4. The highest BCUT2D eigenvalue weighted by Crippen LogP contribution is 2.46. The van der Waals surface area contributed by atoms with Gasteiger partial charge in [0.1, 0.15) is 0 Å². The van der Waals surface area contributed by atoms with Crippen LogP contribution in [-0.2, 0) is 13.6 Å². The van der Waals surface area contributed by atoms with E-state index in [9.17, 15) is 9.46 Å². The van der Waals surface area contributed by atoms with E-state index in [0.717, 1.165) is 29.4 Å². The van der Waals surface area contributed by atoms with Crippen LogP contribution < -0.4 is 14.8 Å². The van der Waals surface area contributed by atoms with Crippen LogP contribution in [0.5, 0.6) is 11.5 Å². The normalized spacial score (nSPS) is 22.2. The number of benzene rings is 1. The number of aromatic nitrogens is 1. The zero-order valence-electron chi connectivity index (χ0n) is 15.7. The molecule has 0 amide bonds. The first-order chi connectivity index (χ1) is 13.0. The number of anilines is 1. The predicted octanol–water partition coefficient (Wildman–Crippen LogP) is 3.74. The van der Waals surface area contributed by atoms with Gasteiger partial charge in [-0.25, -0.2) is 4.57 Å². The number of rotatable bonds is 7. The maximum atomic E-state index is 11.5. The summed E-state index contributed by atoms with van der Waals surface area (Å²) in [6.45, 7) is 0. The molecule has 1 heterocycles. The summed E-state index contributed by atoms with van der Waals surface area (Å²) >= 11 is 0. The van der Waals surface area contributed by atoms with Crippen molar-refractivity contribution in [2.45, 2.75) is 37.8 Å². The molecule has 1 atom stereocenters. The number of hydrogen-bond acceptors (Lipinski definition) is 7. The summed E-state index contributed by atoms with van der Waals surface area (Å²) in [5, 5.41) is 4.51. The van der Waals surface area contributed by atoms with Crippen LogP contribution in [0.2, 0.25) is 0 Å². The van der Waals surface area contributed by atoms with E-state index in [-0.39, 0.29) is 12.1 Å². The SMILES string of the molecule is COc1cc2nccc(NC3CCC(OP(=O)(O)OC)CC3)c2cc1OC. The quantitative estimate of drug-likeness (QED) is 0.683. The molecule has 0 radical (unpaired) electrons. The lowest BCUT2D eigenvalue weighted by Gasteiger charge is -2.30. The van der Waals surface area contributed by atoms with Gasteiger partial charge in [0.2, 0.25) is 0 Å². The molecule has 0 bridgehead atoms. The van der Waals surface area contributed by atoms with Crippen molar-refractivity contribution >= 4 is 24.4 Å². The molecular formula is C18H25N2O6P. The number of nitrogens with zero attached hydrogens (tertiary/aromatic N) is 1. The van der Waals surface area contributed by atoms with Crippen molar-refractivity contribution in [3.05, 3.63) is 24.4 Å². The summed E-state index contributed by atoms with van der Waals surface area (Å²) in [6.07, 6.45) is 4.51. The smallest absolute Gasteiger partial charge is 0.472 e. The molecule has 1 aliphatic carbocycles. The van der Waals surface area contributed by atoms with E-state index >= 15 is 0 Å². The van der Waals surface area contributed by atoms with Crippen molar-refractivity contribution in [3.8, 4) is 11.5 Å². The molecule has 27 heavy (non-hydrogen) atoms. The number of methoxy groups -OCH3 is 2. The Hall–Kier alpha value is -1.86. The minimum atomic E-state index is -3.93. The van der Waals surface area contributed by atoms with Crippen molar-refractivity contribution in [3.63, 3.8) is 0 Å². The first kappa shape index (κ1) is 19.9. The first-order valence-electron chi connectivity index (χ1n) is 8.80. The lowest BCUT2D eigenvalue weighted by atomic mass is 9.93. The molecule has 3 rings (SSSR count). The fraction of sp³-hybridized carbons (Fsp3) is 0.500. The van der Waals surface area contributed by atoms with Gasteiger partial charge in [0.15, 0.2) is 11.5 Å². The number of pyridine rings is 1. The number of phosphoric acid groups is 1. The van der Waals surface area contributed by atoms with Gasteiger partial charge in [0.25, 0.3) is 0 Å². The number of phosphoric ester groups is 1. The average molecular weight is 396 g/mol. The second-order valence-electron chi connectivity index (χ2n) is 6.46. The molecule has 148 valence electrons. The summed E-state index contributed by atoms with van der Waals surface area (Å²) in [5.74, 6) is 1.29. The van der Waals surface area contributed by atoms with Gasteiger partial charge in [-0.1, -0.05) is 0 Å². The van der Waals surface area contributed by atoms with Crippen LogP contribution in [-0.4, -0.2) is 43.4 Å². The third kappa shape index (κ3) is 4.71. The Balaban J connectivity index is 1.71. The molecule has 0 spiro atoms. The molecule has 1 fully saturated rings. The Morgan fingerprint density at radius 3 is 2.41 bits per heavy atom. The molecule has 2 aromatic rings. The summed E-state index contributed by atoms with van der Waals surface area (Å²) in [4.78, 5) is 13.9. The average Bonchev–Trinajstić information content (AvgIpc) is 2.68. The van der Waals surface area contributed by atoms with Crippen LogP contribution in [0.15, 0.2) is 24.4 Å². The van der Waals surface area contributed by atoms with Crippen molar-refractivity contribution in [2.75, 3.05) is 26.6 Å². The summed E-state index contributed by atoms with van der Waals surface area (Å²) < 4.78 is 32.0. The highest BCUT2D eigenvalue weighted by molar-refractivity contribution is 7.47. The lowest BCUT2D eigenvalue weighted by Crippen LogP contribution is -2.29. The number of nitrogens with one attached hydrogen (secondary N) is 1. The minimum Gasteiger partial charge on any atom is -0.493 e. The number of fused-ring (bicyclic) bond motifs is 1. The summed E-state index contributed by atoms with van der Waals surface area (Å²) in [6, 6.07) is 5.94. The van der Waals surface area contributed by atoms with Gasteiger partial charge in [-0.2, -0.15) is 0 Å². The molecule has 8 nitrogen and oxygen atoms in total. The molecule has 0 aliphatic heterocycles. The fourth-order valence-corrected chi connectivity index (χ4v) is 4.04. The van der Waals surface area contributed by atoms with Crippen molar-refractivity contribution < 1.29 is 28.0 Å². The molecule has 1 aliphatic rings. The molecular weight excluding hydrogens is 371 g/mol. The van der Waals surface area contributed by atoms with Crippen molar-refractivity contribution in [1.29, 1.82) is 0 Å². The highest BCUT2D eigenvalue weighted by atomic mass is 31.2. The third-order valence-corrected chi connectivity index (χ3v) is 5.82. The maximum absolute atomic E-state index is 11.5. The van der Waals surface area contributed by atoms with Crippen LogP contribution in [0, 0.1) is 0 Å². The van der Waals surface area contributed by atoms with E-state index in [0.29, 0.717) is 24.3 Å². The van der Waals surface area contributed by atoms with Gasteiger partial charge in [-0.15, -0.1) is 0 Å². The Morgan fingerprint density at radius 2 is 1.78 bits per heavy atom. The molecule has 1 aromatic heterocycles. The van der Waals surface area contributed by atoms with E-state index < -0.39 is 7.82 Å². The van der Waals surface area contributed by atoms with Gasteiger partial charge >= 0.3 is 7.82 Å². The predicted molar refractivity (Wildman–Crippen MR) is 102 cm³/mol. The molecule has 2 N–H and O–H groups in total.